The van der Waals surface area contributed by atoms with Crippen LogP contribution in [0.1, 0.15) is 19.4 Å². The lowest BCUT2D eigenvalue weighted by atomic mass is 10.2. The molecule has 3 rings (SSSR count). The first kappa shape index (κ1) is 17.7. The minimum absolute atomic E-state index is 0.0535. The Labute approximate surface area is 152 Å². The predicted molar refractivity (Wildman–Crippen MR) is 99.0 cm³/mol. The normalized spacial score (nSPS) is 12.5. The van der Waals surface area contributed by atoms with Gasteiger partial charge in [-0.2, -0.15) is 0 Å². The number of hydrogen-bond donors (Lipinski definition) is 1. The number of rotatable bonds is 6. The molecule has 136 valence electrons. The SMILES string of the molecule is COc1cc(C=CC(=O)Nc2ccc3c(c2)OCO3)ccc1OC(C)C. The van der Waals surface area contributed by atoms with Crippen LogP contribution in [0.3, 0.4) is 0 Å². The van der Waals surface area contributed by atoms with Gasteiger partial charge in [-0.1, -0.05) is 6.07 Å². The average Bonchev–Trinajstić information content (AvgIpc) is 3.08. The van der Waals surface area contributed by atoms with Crippen LogP contribution in [0.25, 0.3) is 6.08 Å². The monoisotopic (exact) mass is 355 g/mol. The summed E-state index contributed by atoms with van der Waals surface area (Å²) in [4.78, 5) is 12.1. The summed E-state index contributed by atoms with van der Waals surface area (Å²) in [6.07, 6.45) is 3.23. The molecule has 2 aromatic rings. The molecule has 0 saturated carbocycles. The van der Waals surface area contributed by atoms with Gasteiger partial charge < -0.3 is 24.3 Å². The van der Waals surface area contributed by atoms with Crippen molar-refractivity contribution in [2.75, 3.05) is 19.2 Å². The van der Waals surface area contributed by atoms with E-state index in [9.17, 15) is 4.79 Å². The number of hydrogen-bond acceptors (Lipinski definition) is 5. The molecule has 6 heteroatoms. The van der Waals surface area contributed by atoms with Crippen molar-refractivity contribution >= 4 is 17.7 Å². The minimum Gasteiger partial charge on any atom is -0.493 e. The highest BCUT2D eigenvalue weighted by Crippen LogP contribution is 2.34. The van der Waals surface area contributed by atoms with E-state index in [0.717, 1.165) is 5.56 Å². The Hall–Kier alpha value is -3.15. The van der Waals surface area contributed by atoms with E-state index >= 15 is 0 Å². The molecule has 0 radical (unpaired) electrons. The highest BCUT2D eigenvalue weighted by molar-refractivity contribution is 6.02. The number of carbonyl (C=O) groups excluding carboxylic acids is 1. The number of amides is 1. The van der Waals surface area contributed by atoms with E-state index in [2.05, 4.69) is 5.32 Å². The molecule has 0 bridgehead atoms. The molecule has 1 N–H and O–H groups in total. The molecule has 0 atom stereocenters. The number of carbonyl (C=O) groups is 1. The molecule has 0 aromatic heterocycles. The van der Waals surface area contributed by atoms with Gasteiger partial charge in [0.15, 0.2) is 23.0 Å². The Morgan fingerprint density at radius 3 is 2.69 bits per heavy atom. The Morgan fingerprint density at radius 2 is 1.92 bits per heavy atom. The van der Waals surface area contributed by atoms with Gasteiger partial charge in [0.25, 0.3) is 0 Å². The van der Waals surface area contributed by atoms with Gasteiger partial charge in [0.2, 0.25) is 12.7 Å². The van der Waals surface area contributed by atoms with E-state index in [4.69, 9.17) is 18.9 Å². The maximum absolute atomic E-state index is 12.1. The number of ether oxygens (including phenoxy) is 4. The smallest absolute Gasteiger partial charge is 0.248 e. The van der Waals surface area contributed by atoms with Crippen LogP contribution in [0.5, 0.6) is 23.0 Å². The number of fused-ring (bicyclic) bond motifs is 1. The third-order valence-corrected chi connectivity index (χ3v) is 3.62. The van der Waals surface area contributed by atoms with Crippen LogP contribution in [0.15, 0.2) is 42.5 Å². The lowest BCUT2D eigenvalue weighted by Crippen LogP contribution is -2.07. The molecule has 2 aromatic carbocycles. The van der Waals surface area contributed by atoms with E-state index in [0.29, 0.717) is 28.7 Å². The Balaban J connectivity index is 1.66. The zero-order valence-corrected chi connectivity index (χ0v) is 14.9. The topological polar surface area (TPSA) is 66.0 Å². The standard InChI is InChI=1S/C20H21NO5/c1-13(2)26-17-7-4-14(10-18(17)23-3)5-9-20(22)21-15-6-8-16-19(11-15)25-12-24-16/h4-11,13H,12H2,1-3H3,(H,21,22). The molecule has 0 saturated heterocycles. The van der Waals surface area contributed by atoms with Crippen molar-refractivity contribution < 1.29 is 23.7 Å². The van der Waals surface area contributed by atoms with E-state index in [1.54, 1.807) is 31.4 Å². The fourth-order valence-electron chi connectivity index (χ4n) is 2.47. The number of nitrogens with one attached hydrogen (secondary N) is 1. The second-order valence-corrected chi connectivity index (χ2v) is 5.97. The van der Waals surface area contributed by atoms with E-state index in [-0.39, 0.29) is 18.8 Å². The van der Waals surface area contributed by atoms with Crippen LogP contribution in [0, 0.1) is 0 Å². The summed E-state index contributed by atoms with van der Waals surface area (Å²) in [6, 6.07) is 10.8. The first-order valence-electron chi connectivity index (χ1n) is 8.28. The first-order valence-corrected chi connectivity index (χ1v) is 8.28. The van der Waals surface area contributed by atoms with Crippen molar-refractivity contribution in [3.8, 4) is 23.0 Å². The molecule has 0 fully saturated rings. The average molecular weight is 355 g/mol. The van der Waals surface area contributed by atoms with Crippen LogP contribution in [-0.4, -0.2) is 25.9 Å². The van der Waals surface area contributed by atoms with Crippen molar-refractivity contribution in [3.05, 3.63) is 48.0 Å². The highest BCUT2D eigenvalue weighted by Gasteiger charge is 2.13. The van der Waals surface area contributed by atoms with E-state index in [1.165, 1.54) is 6.08 Å². The van der Waals surface area contributed by atoms with Crippen molar-refractivity contribution in [2.24, 2.45) is 0 Å². The van der Waals surface area contributed by atoms with Gasteiger partial charge in [0.05, 0.1) is 13.2 Å². The van der Waals surface area contributed by atoms with E-state index < -0.39 is 0 Å². The summed E-state index contributed by atoms with van der Waals surface area (Å²) in [5, 5.41) is 2.79. The van der Waals surface area contributed by atoms with Crippen molar-refractivity contribution in [3.63, 3.8) is 0 Å². The summed E-state index contributed by atoms with van der Waals surface area (Å²) < 4.78 is 21.6. The molecular weight excluding hydrogens is 334 g/mol. The second kappa shape index (κ2) is 7.82. The molecule has 1 aliphatic heterocycles. The summed E-state index contributed by atoms with van der Waals surface area (Å²) in [5.41, 5.74) is 1.47. The Bertz CT molecular complexity index is 829. The van der Waals surface area contributed by atoms with Crippen molar-refractivity contribution in [1.29, 1.82) is 0 Å². The third kappa shape index (κ3) is 4.27. The fourth-order valence-corrected chi connectivity index (χ4v) is 2.47. The van der Waals surface area contributed by atoms with Gasteiger partial charge in [-0.05, 0) is 49.8 Å². The van der Waals surface area contributed by atoms with Crippen molar-refractivity contribution in [1.82, 2.24) is 0 Å². The summed E-state index contributed by atoms with van der Waals surface area (Å²) in [5.74, 6) is 2.35. The van der Waals surface area contributed by atoms with Crippen LogP contribution in [-0.2, 0) is 4.79 Å². The van der Waals surface area contributed by atoms with Gasteiger partial charge in [0, 0.05) is 17.8 Å². The van der Waals surface area contributed by atoms with Crippen LogP contribution < -0.4 is 24.3 Å². The molecule has 1 amide bonds. The predicted octanol–water partition coefficient (Wildman–Crippen LogP) is 3.86. The largest absolute Gasteiger partial charge is 0.493 e. The lowest BCUT2D eigenvalue weighted by molar-refractivity contribution is -0.111. The molecule has 1 heterocycles. The molecular formula is C20H21NO5. The summed E-state index contributed by atoms with van der Waals surface area (Å²) in [7, 11) is 1.59. The van der Waals surface area contributed by atoms with Gasteiger partial charge in [-0.15, -0.1) is 0 Å². The molecule has 6 nitrogen and oxygen atoms in total. The minimum atomic E-state index is -0.245. The summed E-state index contributed by atoms with van der Waals surface area (Å²) in [6.45, 7) is 4.10. The van der Waals surface area contributed by atoms with Gasteiger partial charge >= 0.3 is 0 Å². The second-order valence-electron chi connectivity index (χ2n) is 5.97. The zero-order valence-electron chi connectivity index (χ0n) is 14.9. The highest BCUT2D eigenvalue weighted by atomic mass is 16.7. The molecule has 1 aliphatic rings. The lowest BCUT2D eigenvalue weighted by Gasteiger charge is -2.13. The quantitative estimate of drug-likeness (QED) is 0.797. The summed E-state index contributed by atoms with van der Waals surface area (Å²) >= 11 is 0. The van der Waals surface area contributed by atoms with Gasteiger partial charge in [-0.25, -0.2) is 0 Å². The molecule has 26 heavy (non-hydrogen) atoms. The number of benzene rings is 2. The number of anilines is 1. The van der Waals surface area contributed by atoms with E-state index in [1.807, 2.05) is 32.0 Å². The van der Waals surface area contributed by atoms with Gasteiger partial charge in [0.1, 0.15) is 0 Å². The molecule has 0 spiro atoms. The van der Waals surface area contributed by atoms with Crippen LogP contribution >= 0.6 is 0 Å². The van der Waals surface area contributed by atoms with Crippen LogP contribution in [0.2, 0.25) is 0 Å². The van der Waals surface area contributed by atoms with Crippen molar-refractivity contribution in [2.45, 2.75) is 20.0 Å². The maximum atomic E-state index is 12.1. The Kier molecular flexibility index (Phi) is 5.31. The third-order valence-electron chi connectivity index (χ3n) is 3.62. The molecule has 0 aliphatic carbocycles. The number of methoxy groups -OCH3 is 1. The molecule has 0 unspecified atom stereocenters. The van der Waals surface area contributed by atoms with Crippen LogP contribution in [0.4, 0.5) is 5.69 Å². The van der Waals surface area contributed by atoms with Gasteiger partial charge in [-0.3, -0.25) is 4.79 Å². The fraction of sp³-hybridized carbons (Fsp3) is 0.250. The first-order chi connectivity index (χ1) is 12.5. The Morgan fingerprint density at radius 1 is 1.12 bits per heavy atom. The zero-order chi connectivity index (χ0) is 18.5. The maximum Gasteiger partial charge on any atom is 0.248 e.